The van der Waals surface area contributed by atoms with Crippen LogP contribution in [0.5, 0.6) is 11.5 Å². The first-order valence-corrected chi connectivity index (χ1v) is 7.91. The smallest absolute Gasteiger partial charge is 0.339 e. The molecule has 0 spiro atoms. The molecule has 0 unspecified atom stereocenters. The second-order valence-electron chi connectivity index (χ2n) is 5.26. The number of hydrogen-bond acceptors (Lipinski definition) is 5. The van der Waals surface area contributed by atoms with E-state index in [1.165, 1.54) is 39.3 Å². The average molecular weight is 382 g/mol. The molecule has 0 heterocycles. The van der Waals surface area contributed by atoms with Crippen molar-refractivity contribution < 1.29 is 28.2 Å². The highest BCUT2D eigenvalue weighted by atomic mass is 35.5. The minimum Gasteiger partial charge on any atom is -0.497 e. The summed E-state index contributed by atoms with van der Waals surface area (Å²) in [5.41, 5.74) is 0.379. The van der Waals surface area contributed by atoms with Crippen molar-refractivity contribution in [3.8, 4) is 11.5 Å². The lowest BCUT2D eigenvalue weighted by Crippen LogP contribution is -2.30. The standard InChI is InChI=1S/C18H17ClFNO5/c1-10(17(22)21-16-5-4-12(20)8-15(16)19)26-18(23)11-6-13(24-2)9-14(7-11)25-3/h4-10H,1-3H3,(H,21,22)/t10-/m1/s1. The molecule has 138 valence electrons. The van der Waals surface area contributed by atoms with E-state index < -0.39 is 23.8 Å². The molecule has 0 saturated carbocycles. The molecule has 0 fully saturated rings. The summed E-state index contributed by atoms with van der Waals surface area (Å²) in [6, 6.07) is 8.07. The number of amides is 1. The van der Waals surface area contributed by atoms with Gasteiger partial charge < -0.3 is 19.5 Å². The van der Waals surface area contributed by atoms with E-state index in [4.69, 9.17) is 25.8 Å². The number of benzene rings is 2. The lowest BCUT2D eigenvalue weighted by molar-refractivity contribution is -0.123. The fourth-order valence-corrected chi connectivity index (χ4v) is 2.25. The van der Waals surface area contributed by atoms with Crippen molar-refractivity contribution in [1.29, 1.82) is 0 Å². The Morgan fingerprint density at radius 3 is 2.23 bits per heavy atom. The molecular formula is C18H17ClFNO5. The van der Waals surface area contributed by atoms with Crippen molar-refractivity contribution in [3.63, 3.8) is 0 Å². The van der Waals surface area contributed by atoms with Crippen LogP contribution in [0.25, 0.3) is 0 Å². The summed E-state index contributed by atoms with van der Waals surface area (Å²) >= 11 is 5.86. The predicted octanol–water partition coefficient (Wildman–Crippen LogP) is 3.68. The van der Waals surface area contributed by atoms with Gasteiger partial charge in [0.1, 0.15) is 17.3 Å². The van der Waals surface area contributed by atoms with Crippen LogP contribution in [0.2, 0.25) is 5.02 Å². The van der Waals surface area contributed by atoms with E-state index in [1.54, 1.807) is 6.07 Å². The Morgan fingerprint density at radius 2 is 1.69 bits per heavy atom. The van der Waals surface area contributed by atoms with Gasteiger partial charge in [0.2, 0.25) is 0 Å². The van der Waals surface area contributed by atoms with E-state index in [2.05, 4.69) is 5.32 Å². The van der Waals surface area contributed by atoms with Gasteiger partial charge in [0.05, 0.1) is 30.5 Å². The lowest BCUT2D eigenvalue weighted by Gasteiger charge is -2.15. The maximum atomic E-state index is 13.0. The van der Waals surface area contributed by atoms with Gasteiger partial charge in [-0.05, 0) is 37.3 Å². The molecule has 0 saturated heterocycles. The van der Waals surface area contributed by atoms with Crippen LogP contribution in [0, 0.1) is 5.82 Å². The summed E-state index contributed by atoms with van der Waals surface area (Å²) in [5, 5.41) is 2.51. The van der Waals surface area contributed by atoms with Gasteiger partial charge in [-0.3, -0.25) is 4.79 Å². The number of methoxy groups -OCH3 is 2. The Kier molecular flexibility index (Phi) is 6.41. The molecule has 0 radical (unpaired) electrons. The highest BCUT2D eigenvalue weighted by molar-refractivity contribution is 6.33. The molecule has 6 nitrogen and oxygen atoms in total. The molecule has 0 aliphatic carbocycles. The minimum absolute atomic E-state index is 0.0365. The van der Waals surface area contributed by atoms with E-state index in [0.29, 0.717) is 11.5 Å². The van der Waals surface area contributed by atoms with Crippen LogP contribution in [0.4, 0.5) is 10.1 Å². The maximum absolute atomic E-state index is 13.0. The summed E-state index contributed by atoms with van der Waals surface area (Å²) in [5.74, 6) is -1.05. The third-order valence-corrected chi connectivity index (χ3v) is 3.74. The van der Waals surface area contributed by atoms with Gasteiger partial charge >= 0.3 is 5.97 Å². The first-order chi connectivity index (χ1) is 12.3. The molecule has 8 heteroatoms. The zero-order chi connectivity index (χ0) is 19.3. The van der Waals surface area contributed by atoms with Gasteiger partial charge in [-0.2, -0.15) is 0 Å². The minimum atomic E-state index is -1.11. The number of hydrogen-bond donors (Lipinski definition) is 1. The molecule has 2 rings (SSSR count). The molecule has 1 N–H and O–H groups in total. The number of ether oxygens (including phenoxy) is 3. The van der Waals surface area contributed by atoms with Gasteiger partial charge in [-0.25, -0.2) is 9.18 Å². The highest BCUT2D eigenvalue weighted by Gasteiger charge is 2.21. The van der Waals surface area contributed by atoms with Crippen LogP contribution >= 0.6 is 11.6 Å². The zero-order valence-electron chi connectivity index (χ0n) is 14.3. The average Bonchev–Trinajstić information content (AvgIpc) is 2.63. The Labute approximate surface area is 154 Å². The Morgan fingerprint density at radius 1 is 1.08 bits per heavy atom. The van der Waals surface area contributed by atoms with Gasteiger partial charge in [0.15, 0.2) is 6.10 Å². The fourth-order valence-electron chi connectivity index (χ4n) is 2.03. The second-order valence-corrected chi connectivity index (χ2v) is 5.67. The molecule has 2 aromatic carbocycles. The summed E-state index contributed by atoms with van der Waals surface area (Å²) in [4.78, 5) is 24.4. The van der Waals surface area contributed by atoms with Crippen molar-refractivity contribution in [1.82, 2.24) is 0 Å². The summed E-state index contributed by atoms with van der Waals surface area (Å²) in [6.07, 6.45) is -1.11. The van der Waals surface area contributed by atoms with Crippen molar-refractivity contribution in [3.05, 3.63) is 52.8 Å². The number of carbonyl (C=O) groups excluding carboxylic acids is 2. The van der Waals surface area contributed by atoms with Crippen molar-refractivity contribution in [2.45, 2.75) is 13.0 Å². The number of rotatable bonds is 6. The summed E-state index contributed by atoms with van der Waals surface area (Å²) < 4.78 is 28.4. The van der Waals surface area contributed by atoms with E-state index in [9.17, 15) is 14.0 Å². The van der Waals surface area contributed by atoms with Crippen molar-refractivity contribution in [2.75, 3.05) is 19.5 Å². The Balaban J connectivity index is 2.07. The quantitative estimate of drug-likeness (QED) is 0.773. The Bertz CT molecular complexity index is 805. The molecule has 1 atom stereocenters. The first kappa shape index (κ1) is 19.5. The summed E-state index contributed by atoms with van der Waals surface area (Å²) in [6.45, 7) is 1.40. The van der Waals surface area contributed by atoms with Gasteiger partial charge in [0.25, 0.3) is 5.91 Å². The largest absolute Gasteiger partial charge is 0.497 e. The summed E-state index contributed by atoms with van der Waals surface area (Å²) in [7, 11) is 2.90. The lowest BCUT2D eigenvalue weighted by atomic mass is 10.2. The molecule has 1 amide bonds. The van der Waals surface area contributed by atoms with Crippen molar-refractivity contribution >= 4 is 29.2 Å². The molecule has 0 bridgehead atoms. The van der Waals surface area contributed by atoms with Crippen LogP contribution in [-0.4, -0.2) is 32.2 Å². The Hall–Kier alpha value is -2.80. The van der Waals surface area contributed by atoms with E-state index in [0.717, 1.165) is 12.1 Å². The monoisotopic (exact) mass is 381 g/mol. The molecule has 0 aromatic heterocycles. The fraction of sp³-hybridized carbons (Fsp3) is 0.222. The molecule has 2 aromatic rings. The van der Waals surface area contributed by atoms with Gasteiger partial charge in [-0.1, -0.05) is 11.6 Å². The molecule has 0 aliphatic heterocycles. The topological polar surface area (TPSA) is 73.9 Å². The first-order valence-electron chi connectivity index (χ1n) is 7.54. The van der Waals surface area contributed by atoms with E-state index in [1.807, 2.05) is 0 Å². The highest BCUT2D eigenvalue weighted by Crippen LogP contribution is 2.24. The van der Waals surface area contributed by atoms with E-state index in [-0.39, 0.29) is 16.3 Å². The number of halogens is 2. The van der Waals surface area contributed by atoms with Crippen LogP contribution in [0.15, 0.2) is 36.4 Å². The SMILES string of the molecule is COc1cc(OC)cc(C(=O)O[C@H](C)C(=O)Nc2ccc(F)cc2Cl)c1. The second kappa shape index (κ2) is 8.53. The zero-order valence-corrected chi connectivity index (χ0v) is 15.1. The number of carbonyl (C=O) groups is 2. The van der Waals surface area contributed by atoms with E-state index >= 15 is 0 Å². The van der Waals surface area contributed by atoms with Crippen LogP contribution in [0.3, 0.4) is 0 Å². The molecule has 0 aliphatic rings. The van der Waals surface area contributed by atoms with Crippen LogP contribution in [0.1, 0.15) is 17.3 Å². The number of esters is 1. The van der Waals surface area contributed by atoms with Crippen molar-refractivity contribution in [2.24, 2.45) is 0 Å². The maximum Gasteiger partial charge on any atom is 0.339 e. The van der Waals surface area contributed by atoms with Gasteiger partial charge in [0, 0.05) is 6.07 Å². The predicted molar refractivity (Wildman–Crippen MR) is 94.5 cm³/mol. The molecular weight excluding hydrogens is 365 g/mol. The third kappa shape index (κ3) is 4.86. The van der Waals surface area contributed by atoms with Crippen LogP contribution in [-0.2, 0) is 9.53 Å². The normalized spacial score (nSPS) is 11.4. The third-order valence-electron chi connectivity index (χ3n) is 3.43. The molecule has 26 heavy (non-hydrogen) atoms. The van der Waals surface area contributed by atoms with Crippen LogP contribution < -0.4 is 14.8 Å². The van der Waals surface area contributed by atoms with Gasteiger partial charge in [-0.15, -0.1) is 0 Å². The number of nitrogens with one attached hydrogen (secondary N) is 1. The number of anilines is 1.